The maximum absolute atomic E-state index is 13.6. The van der Waals surface area contributed by atoms with Gasteiger partial charge in [-0.3, -0.25) is 19.4 Å². The second kappa shape index (κ2) is 16.0. The van der Waals surface area contributed by atoms with Crippen LogP contribution in [0.15, 0.2) is 53.6 Å². The van der Waals surface area contributed by atoms with Gasteiger partial charge in [0.05, 0.1) is 24.9 Å². The fourth-order valence-electron chi connectivity index (χ4n) is 9.94. The Morgan fingerprint density at radius 2 is 1.81 bits per heavy atom. The van der Waals surface area contributed by atoms with E-state index in [1.54, 1.807) is 11.7 Å². The lowest BCUT2D eigenvalue weighted by atomic mass is 9.89. The Labute approximate surface area is 359 Å². The Balaban J connectivity index is 1.15. The third-order valence-electron chi connectivity index (χ3n) is 13.2. The van der Waals surface area contributed by atoms with Crippen LogP contribution in [0.1, 0.15) is 94.9 Å². The van der Waals surface area contributed by atoms with Crippen LogP contribution in [0, 0.1) is 18.8 Å². The molecule has 10 rings (SSSR count). The van der Waals surface area contributed by atoms with E-state index in [4.69, 9.17) is 24.2 Å². The summed E-state index contributed by atoms with van der Waals surface area (Å²) in [5.41, 5.74) is 7.59. The number of fused-ring (bicyclic) bond motifs is 5. The number of ether oxygens (including phenoxy) is 3. The molecule has 1 amide bonds. The van der Waals surface area contributed by atoms with Gasteiger partial charge in [-0.15, -0.1) is 0 Å². The van der Waals surface area contributed by atoms with Gasteiger partial charge in [0.15, 0.2) is 11.3 Å². The number of pyridine rings is 1. The first-order valence-corrected chi connectivity index (χ1v) is 22.3. The molecule has 14 heteroatoms. The Kier molecular flexibility index (Phi) is 10.4. The molecule has 1 saturated carbocycles. The molecule has 4 aromatic heterocycles. The van der Waals surface area contributed by atoms with Gasteiger partial charge in [-0.2, -0.15) is 20.2 Å². The first kappa shape index (κ1) is 40.1. The fourth-order valence-corrected chi connectivity index (χ4v) is 9.94. The first-order valence-electron chi connectivity index (χ1n) is 22.3. The molecule has 3 fully saturated rings. The SMILES string of the molecule is CCC1CC(C)CN1c1nc(OC2CCOCC2)nc2c(OCc3ccc4c(c3)[nH]c(=O)c3nn(C(C(=O)NC)C(C)C)cc34)c(-c3c(C)ccc4[nH]ncc34)c(C3CC3)cc12. The number of hydrogen-bond acceptors (Lipinski definition) is 10. The lowest BCUT2D eigenvalue weighted by Gasteiger charge is -2.29. The summed E-state index contributed by atoms with van der Waals surface area (Å²) in [5, 5.41) is 18.5. The molecular formula is C48H55N9O5. The largest absolute Gasteiger partial charge is 0.486 e. The average Bonchev–Trinajstić information content (AvgIpc) is 3.63. The molecule has 7 aromatic rings. The summed E-state index contributed by atoms with van der Waals surface area (Å²) in [6.45, 7) is 13.0. The molecule has 3 aromatic carbocycles. The van der Waals surface area contributed by atoms with E-state index in [0.29, 0.717) is 64.8 Å². The molecule has 0 radical (unpaired) electrons. The second-order valence-electron chi connectivity index (χ2n) is 18.0. The molecule has 62 heavy (non-hydrogen) atoms. The highest BCUT2D eigenvalue weighted by Crippen LogP contribution is 2.53. The number of aromatic amines is 2. The predicted molar refractivity (Wildman–Crippen MR) is 241 cm³/mol. The van der Waals surface area contributed by atoms with Crippen LogP contribution in [0.5, 0.6) is 11.8 Å². The normalized spacial score (nSPS) is 19.0. The molecule has 2 aliphatic heterocycles. The van der Waals surface area contributed by atoms with Crippen molar-refractivity contribution in [3.63, 3.8) is 0 Å². The topological polar surface area (TPSA) is 165 Å². The van der Waals surface area contributed by atoms with Crippen molar-refractivity contribution in [2.75, 3.05) is 31.7 Å². The Morgan fingerprint density at radius 1 is 0.984 bits per heavy atom. The van der Waals surface area contributed by atoms with Crippen LogP contribution in [0.3, 0.4) is 0 Å². The zero-order valence-corrected chi connectivity index (χ0v) is 36.4. The molecule has 3 unspecified atom stereocenters. The van der Waals surface area contributed by atoms with Gasteiger partial charge in [0.25, 0.3) is 5.56 Å². The Morgan fingerprint density at radius 3 is 2.56 bits per heavy atom. The summed E-state index contributed by atoms with van der Waals surface area (Å²) >= 11 is 0. The number of benzene rings is 3. The smallest absolute Gasteiger partial charge is 0.319 e. The molecule has 6 heterocycles. The quantitative estimate of drug-likeness (QED) is 0.109. The molecule has 322 valence electrons. The van der Waals surface area contributed by atoms with Crippen LogP contribution >= 0.6 is 0 Å². The van der Waals surface area contributed by atoms with Gasteiger partial charge in [-0.25, -0.2) is 0 Å². The van der Waals surface area contributed by atoms with E-state index in [0.717, 1.165) is 94.8 Å². The summed E-state index contributed by atoms with van der Waals surface area (Å²) in [7, 11) is 1.61. The van der Waals surface area contributed by atoms with Gasteiger partial charge < -0.3 is 29.4 Å². The Hall–Kier alpha value is -6.02. The highest BCUT2D eigenvalue weighted by Gasteiger charge is 2.36. The average molecular weight is 838 g/mol. The number of nitrogens with zero attached hydrogens (tertiary/aromatic N) is 6. The van der Waals surface area contributed by atoms with Gasteiger partial charge in [-0.05, 0) is 90.8 Å². The zero-order valence-electron chi connectivity index (χ0n) is 36.4. The molecule has 1 aliphatic carbocycles. The molecule has 3 aliphatic rings. The van der Waals surface area contributed by atoms with Gasteiger partial charge in [0.1, 0.15) is 30.1 Å². The summed E-state index contributed by atoms with van der Waals surface area (Å²) < 4.78 is 21.2. The van der Waals surface area contributed by atoms with Crippen molar-refractivity contribution in [1.82, 2.24) is 40.2 Å². The molecule has 0 bridgehead atoms. The van der Waals surface area contributed by atoms with Crippen LogP contribution in [0.4, 0.5) is 5.82 Å². The number of likely N-dealkylation sites (N-methyl/N-ethyl adjacent to an activating group) is 1. The van der Waals surface area contributed by atoms with Gasteiger partial charge in [0.2, 0.25) is 5.91 Å². The van der Waals surface area contributed by atoms with Crippen LogP contribution in [-0.4, -0.2) is 79.8 Å². The van der Waals surface area contributed by atoms with Crippen molar-refractivity contribution in [2.45, 2.75) is 104 Å². The monoisotopic (exact) mass is 837 g/mol. The molecule has 0 spiro atoms. The fraction of sp³-hybridized carbons (Fsp3) is 0.458. The minimum absolute atomic E-state index is 0.0418. The number of carbonyl (C=O) groups excluding carboxylic acids is 1. The van der Waals surface area contributed by atoms with Crippen LogP contribution in [0.25, 0.3) is 54.7 Å². The summed E-state index contributed by atoms with van der Waals surface area (Å²) in [6, 6.07) is 12.7. The van der Waals surface area contributed by atoms with Gasteiger partial charge >= 0.3 is 6.01 Å². The summed E-state index contributed by atoms with van der Waals surface area (Å²) in [6.07, 6.45) is 9.49. The molecule has 3 atom stereocenters. The molecule has 2 saturated heterocycles. The number of amides is 1. The number of H-pyrrole nitrogens is 2. The van der Waals surface area contributed by atoms with Crippen LogP contribution in [0.2, 0.25) is 0 Å². The van der Waals surface area contributed by atoms with Gasteiger partial charge in [0, 0.05) is 71.3 Å². The number of aryl methyl sites for hydroxylation is 1. The van der Waals surface area contributed by atoms with E-state index in [9.17, 15) is 9.59 Å². The highest BCUT2D eigenvalue weighted by molar-refractivity contribution is 6.06. The third kappa shape index (κ3) is 7.11. The third-order valence-corrected chi connectivity index (χ3v) is 13.2. The first-order chi connectivity index (χ1) is 30.1. The highest BCUT2D eigenvalue weighted by atomic mass is 16.5. The van der Waals surface area contributed by atoms with Crippen molar-refractivity contribution in [1.29, 1.82) is 0 Å². The van der Waals surface area contributed by atoms with Crippen molar-refractivity contribution in [3.8, 4) is 22.9 Å². The van der Waals surface area contributed by atoms with E-state index in [1.807, 2.05) is 44.4 Å². The number of hydrogen-bond donors (Lipinski definition) is 3. The van der Waals surface area contributed by atoms with Crippen molar-refractivity contribution in [2.24, 2.45) is 11.8 Å². The van der Waals surface area contributed by atoms with Gasteiger partial charge in [-0.1, -0.05) is 45.9 Å². The molecular weight excluding hydrogens is 783 g/mol. The van der Waals surface area contributed by atoms with Crippen LogP contribution < -0.4 is 25.2 Å². The number of carbonyl (C=O) groups is 1. The van der Waals surface area contributed by atoms with Crippen molar-refractivity contribution < 1.29 is 19.0 Å². The maximum atomic E-state index is 13.6. The summed E-state index contributed by atoms with van der Waals surface area (Å²) in [4.78, 5) is 42.6. The standard InChI is InChI=1S/C48H55N9O5/c1-7-30-18-26(4)22-56(30)45-34-20-33(29-10-11-29)40(39-27(5)8-13-37-35(39)21-50-54-37)44(41(34)52-48(53-45)62-31-14-16-60-17-15-31)61-24-28-9-12-32-36-23-57(43(25(2)3)47(59)49-6)55-42(36)46(58)51-38(32)19-28/h8-9,12-13,19-21,23,25-26,29-31,43H,7,10-11,14-18,22,24H2,1-6H3,(H,49,59)(H,50,54)(H,51,58). The van der Waals surface area contributed by atoms with E-state index >= 15 is 0 Å². The number of nitrogens with one attached hydrogen (secondary N) is 3. The van der Waals surface area contributed by atoms with Crippen molar-refractivity contribution >= 4 is 55.3 Å². The number of aromatic nitrogens is 7. The number of anilines is 1. The molecule has 14 nitrogen and oxygen atoms in total. The predicted octanol–water partition coefficient (Wildman–Crippen LogP) is 8.25. The van der Waals surface area contributed by atoms with E-state index < -0.39 is 6.04 Å². The van der Waals surface area contributed by atoms with E-state index in [1.165, 1.54) is 5.56 Å². The second-order valence-corrected chi connectivity index (χ2v) is 18.0. The minimum atomic E-state index is -0.560. The van der Waals surface area contributed by atoms with E-state index in [2.05, 4.69) is 69.5 Å². The van der Waals surface area contributed by atoms with E-state index in [-0.39, 0.29) is 30.1 Å². The lowest BCUT2D eigenvalue weighted by Crippen LogP contribution is -2.33. The molecule has 3 N–H and O–H groups in total. The Bertz CT molecular complexity index is 2910. The maximum Gasteiger partial charge on any atom is 0.319 e. The number of rotatable bonds is 12. The lowest BCUT2D eigenvalue weighted by molar-refractivity contribution is -0.125. The minimum Gasteiger partial charge on any atom is -0.486 e. The summed E-state index contributed by atoms with van der Waals surface area (Å²) in [5.74, 6) is 2.25. The zero-order chi connectivity index (χ0) is 42.8. The van der Waals surface area contributed by atoms with Crippen LogP contribution in [-0.2, 0) is 16.1 Å². The van der Waals surface area contributed by atoms with Crippen molar-refractivity contribution in [3.05, 3.63) is 75.8 Å².